The van der Waals surface area contributed by atoms with Gasteiger partial charge in [-0.25, -0.2) is 0 Å². The van der Waals surface area contributed by atoms with Crippen LogP contribution in [0.3, 0.4) is 0 Å². The lowest BCUT2D eigenvalue weighted by Gasteiger charge is -2.14. The van der Waals surface area contributed by atoms with Crippen LogP contribution in [-0.4, -0.2) is 26.4 Å². The highest BCUT2D eigenvalue weighted by Gasteiger charge is 2.07. The van der Waals surface area contributed by atoms with Gasteiger partial charge in [0.2, 0.25) is 0 Å². The highest BCUT2D eigenvalue weighted by atomic mass is 32.1. The number of methoxy groups -OCH3 is 3. The average molecular weight is 318 g/mol. The number of nitrogens with one attached hydrogen (secondary N) is 2. The fraction of sp³-hybridized carbons (Fsp3) is 0.188. The van der Waals surface area contributed by atoms with E-state index in [1.54, 1.807) is 21.3 Å². The molecule has 2 aromatic rings. The Hall–Kier alpha value is -2.47. The van der Waals surface area contributed by atoms with Crippen molar-refractivity contribution in [1.82, 2.24) is 0 Å². The topological polar surface area (TPSA) is 51.8 Å². The van der Waals surface area contributed by atoms with Gasteiger partial charge in [0.05, 0.1) is 27.0 Å². The molecule has 22 heavy (non-hydrogen) atoms. The van der Waals surface area contributed by atoms with Crippen molar-refractivity contribution in [3.8, 4) is 17.2 Å². The highest BCUT2D eigenvalue weighted by molar-refractivity contribution is 7.80. The lowest BCUT2D eigenvalue weighted by atomic mass is 10.2. The molecule has 0 aliphatic heterocycles. The van der Waals surface area contributed by atoms with Crippen LogP contribution in [0.2, 0.25) is 0 Å². The van der Waals surface area contributed by atoms with Crippen molar-refractivity contribution in [3.05, 3.63) is 42.5 Å². The molecule has 6 heteroatoms. The van der Waals surface area contributed by atoms with Gasteiger partial charge in [0, 0.05) is 11.8 Å². The van der Waals surface area contributed by atoms with E-state index in [0.29, 0.717) is 10.9 Å². The monoisotopic (exact) mass is 318 g/mol. The number of hydrogen-bond donors (Lipinski definition) is 2. The predicted molar refractivity (Wildman–Crippen MR) is 92.4 cm³/mol. The van der Waals surface area contributed by atoms with Crippen LogP contribution in [0, 0.1) is 0 Å². The summed E-state index contributed by atoms with van der Waals surface area (Å²) in [5, 5.41) is 6.65. The summed E-state index contributed by atoms with van der Waals surface area (Å²) in [7, 11) is 4.84. The molecule has 0 aromatic heterocycles. The summed E-state index contributed by atoms with van der Waals surface area (Å²) in [5.74, 6) is 2.19. The maximum Gasteiger partial charge on any atom is 0.175 e. The molecule has 0 atom stereocenters. The molecule has 0 aliphatic carbocycles. The summed E-state index contributed by atoms with van der Waals surface area (Å²) < 4.78 is 15.6. The van der Waals surface area contributed by atoms with Gasteiger partial charge in [0.1, 0.15) is 17.2 Å². The Bertz CT molecular complexity index is 644. The first-order valence-electron chi connectivity index (χ1n) is 6.60. The molecule has 0 aliphatic rings. The minimum absolute atomic E-state index is 0.455. The summed E-state index contributed by atoms with van der Waals surface area (Å²) in [6.07, 6.45) is 0. The number of hydrogen-bond acceptors (Lipinski definition) is 4. The van der Waals surface area contributed by atoms with Crippen LogP contribution in [0.15, 0.2) is 42.5 Å². The van der Waals surface area contributed by atoms with E-state index in [-0.39, 0.29) is 0 Å². The lowest BCUT2D eigenvalue weighted by molar-refractivity contribution is 0.405. The Morgan fingerprint density at radius 1 is 0.818 bits per heavy atom. The molecule has 0 amide bonds. The fourth-order valence-corrected chi connectivity index (χ4v) is 2.10. The zero-order valence-corrected chi connectivity index (χ0v) is 13.5. The molecule has 0 radical (unpaired) electrons. The van der Waals surface area contributed by atoms with Crippen molar-refractivity contribution < 1.29 is 14.2 Å². The van der Waals surface area contributed by atoms with Crippen molar-refractivity contribution in [1.29, 1.82) is 0 Å². The van der Waals surface area contributed by atoms with E-state index in [2.05, 4.69) is 10.6 Å². The Kier molecular flexibility index (Phi) is 5.43. The molecule has 0 spiro atoms. The summed E-state index contributed by atoms with van der Waals surface area (Å²) in [6.45, 7) is 0. The Labute approximate surface area is 135 Å². The standard InChI is InChI=1S/C16H18N2O3S/c1-19-12-6-4-11(5-7-12)17-16(22)18-14-10-13(20-2)8-9-15(14)21-3/h4-10H,1-3H3,(H2,17,18,22). The second-order valence-corrected chi connectivity index (χ2v) is 4.78. The lowest BCUT2D eigenvalue weighted by Crippen LogP contribution is -2.19. The van der Waals surface area contributed by atoms with Crippen LogP contribution in [-0.2, 0) is 0 Å². The van der Waals surface area contributed by atoms with E-state index in [1.807, 2.05) is 42.5 Å². The summed E-state index contributed by atoms with van der Waals surface area (Å²) in [4.78, 5) is 0. The summed E-state index contributed by atoms with van der Waals surface area (Å²) in [5.41, 5.74) is 1.59. The first kappa shape index (κ1) is 15.9. The van der Waals surface area contributed by atoms with E-state index < -0.39 is 0 Å². The van der Waals surface area contributed by atoms with Gasteiger partial charge < -0.3 is 24.8 Å². The quantitative estimate of drug-likeness (QED) is 0.823. The maximum atomic E-state index is 5.32. The number of ether oxygens (including phenoxy) is 3. The molecule has 0 heterocycles. The first-order chi connectivity index (χ1) is 10.7. The summed E-state index contributed by atoms with van der Waals surface area (Å²) >= 11 is 5.32. The zero-order valence-electron chi connectivity index (χ0n) is 12.7. The molecule has 0 bridgehead atoms. The number of benzene rings is 2. The van der Waals surface area contributed by atoms with E-state index >= 15 is 0 Å². The molecular weight excluding hydrogens is 300 g/mol. The van der Waals surface area contributed by atoms with E-state index in [4.69, 9.17) is 26.4 Å². The van der Waals surface area contributed by atoms with Gasteiger partial charge in [-0.05, 0) is 48.6 Å². The predicted octanol–water partition coefficient (Wildman–Crippen LogP) is 3.52. The normalized spacial score (nSPS) is 9.77. The molecule has 116 valence electrons. The smallest absolute Gasteiger partial charge is 0.175 e. The van der Waals surface area contributed by atoms with Crippen molar-refractivity contribution in [3.63, 3.8) is 0 Å². The van der Waals surface area contributed by atoms with Gasteiger partial charge in [-0.2, -0.15) is 0 Å². The zero-order chi connectivity index (χ0) is 15.9. The number of anilines is 2. The van der Waals surface area contributed by atoms with Crippen LogP contribution in [0.1, 0.15) is 0 Å². The van der Waals surface area contributed by atoms with Crippen molar-refractivity contribution >= 4 is 28.7 Å². The molecule has 2 aromatic carbocycles. The van der Waals surface area contributed by atoms with E-state index in [1.165, 1.54) is 0 Å². The van der Waals surface area contributed by atoms with E-state index in [9.17, 15) is 0 Å². The molecule has 0 fully saturated rings. The minimum Gasteiger partial charge on any atom is -0.497 e. The van der Waals surface area contributed by atoms with Crippen LogP contribution < -0.4 is 24.8 Å². The third-order valence-corrected chi connectivity index (χ3v) is 3.21. The Balaban J connectivity index is 2.07. The Morgan fingerprint density at radius 2 is 1.45 bits per heavy atom. The molecular formula is C16H18N2O3S. The second-order valence-electron chi connectivity index (χ2n) is 4.37. The largest absolute Gasteiger partial charge is 0.497 e. The maximum absolute atomic E-state index is 5.32. The minimum atomic E-state index is 0.455. The van der Waals surface area contributed by atoms with Gasteiger partial charge in [-0.3, -0.25) is 0 Å². The van der Waals surface area contributed by atoms with Crippen LogP contribution in [0.5, 0.6) is 17.2 Å². The van der Waals surface area contributed by atoms with Crippen LogP contribution >= 0.6 is 12.2 Å². The van der Waals surface area contributed by atoms with Crippen LogP contribution in [0.4, 0.5) is 11.4 Å². The SMILES string of the molecule is COc1ccc(NC(=S)Nc2cc(OC)ccc2OC)cc1. The molecule has 2 N–H and O–H groups in total. The fourth-order valence-electron chi connectivity index (χ4n) is 1.87. The van der Waals surface area contributed by atoms with Crippen LogP contribution in [0.25, 0.3) is 0 Å². The molecule has 0 unspecified atom stereocenters. The van der Waals surface area contributed by atoms with Gasteiger partial charge >= 0.3 is 0 Å². The third-order valence-electron chi connectivity index (χ3n) is 3.00. The second kappa shape index (κ2) is 7.51. The Morgan fingerprint density at radius 3 is 2.05 bits per heavy atom. The van der Waals surface area contributed by atoms with Crippen molar-refractivity contribution in [2.24, 2.45) is 0 Å². The van der Waals surface area contributed by atoms with Crippen molar-refractivity contribution in [2.75, 3.05) is 32.0 Å². The highest BCUT2D eigenvalue weighted by Crippen LogP contribution is 2.29. The average Bonchev–Trinajstić information content (AvgIpc) is 2.55. The van der Waals surface area contributed by atoms with Gasteiger partial charge in [-0.15, -0.1) is 0 Å². The third kappa shape index (κ3) is 4.02. The van der Waals surface area contributed by atoms with E-state index in [0.717, 1.165) is 22.9 Å². The van der Waals surface area contributed by atoms with Gasteiger partial charge in [0.25, 0.3) is 0 Å². The summed E-state index contributed by atoms with van der Waals surface area (Å²) in [6, 6.07) is 12.9. The van der Waals surface area contributed by atoms with Gasteiger partial charge in [0.15, 0.2) is 5.11 Å². The molecule has 2 rings (SSSR count). The number of thiocarbonyl (C=S) groups is 1. The number of rotatable bonds is 5. The molecule has 0 saturated carbocycles. The molecule has 0 saturated heterocycles. The first-order valence-corrected chi connectivity index (χ1v) is 7.01. The van der Waals surface area contributed by atoms with Crippen molar-refractivity contribution in [2.45, 2.75) is 0 Å². The van der Waals surface area contributed by atoms with Gasteiger partial charge in [-0.1, -0.05) is 0 Å². The molecule has 5 nitrogen and oxygen atoms in total.